The van der Waals surface area contributed by atoms with E-state index in [0.717, 1.165) is 24.1 Å². The molecule has 3 aromatic rings. The zero-order chi connectivity index (χ0) is 21.1. The second-order valence-electron chi connectivity index (χ2n) is 6.73. The Labute approximate surface area is 173 Å². The molecule has 0 amide bonds. The van der Waals surface area contributed by atoms with Crippen molar-refractivity contribution in [1.82, 2.24) is 9.97 Å². The Bertz CT molecular complexity index is 1090. The predicted molar refractivity (Wildman–Crippen MR) is 113 cm³/mol. The van der Waals surface area contributed by atoms with Gasteiger partial charge in [0.05, 0.1) is 24.8 Å². The van der Waals surface area contributed by atoms with E-state index in [2.05, 4.69) is 15.3 Å². The highest BCUT2D eigenvalue weighted by Gasteiger charge is 2.30. The lowest BCUT2D eigenvalue weighted by Gasteiger charge is -2.30. The van der Waals surface area contributed by atoms with Gasteiger partial charge in [-0.05, 0) is 36.6 Å². The third kappa shape index (κ3) is 3.57. The van der Waals surface area contributed by atoms with Gasteiger partial charge in [-0.1, -0.05) is 18.2 Å². The highest BCUT2D eigenvalue weighted by Crippen LogP contribution is 2.41. The van der Waals surface area contributed by atoms with Gasteiger partial charge in [0.1, 0.15) is 17.8 Å². The lowest BCUT2D eigenvalue weighted by molar-refractivity contribution is -0.383. The molecule has 1 aliphatic rings. The molecule has 0 radical (unpaired) electrons. The van der Waals surface area contributed by atoms with Crippen molar-refractivity contribution >= 4 is 28.7 Å². The van der Waals surface area contributed by atoms with Crippen LogP contribution in [0.1, 0.15) is 12.0 Å². The summed E-state index contributed by atoms with van der Waals surface area (Å²) in [5, 5.41) is 15.1. The second kappa shape index (κ2) is 8.24. The zero-order valence-electron chi connectivity index (χ0n) is 16.7. The van der Waals surface area contributed by atoms with Gasteiger partial charge in [0.15, 0.2) is 0 Å². The van der Waals surface area contributed by atoms with Gasteiger partial charge >= 0.3 is 5.69 Å². The number of ether oxygens (including phenoxy) is 2. The second-order valence-corrected chi connectivity index (χ2v) is 6.73. The Hall–Kier alpha value is -3.88. The molecule has 4 rings (SSSR count). The number of methoxy groups -OCH3 is 2. The quantitative estimate of drug-likeness (QED) is 0.478. The molecule has 1 aromatic heterocycles. The third-order valence-electron chi connectivity index (χ3n) is 5.01. The Morgan fingerprint density at radius 3 is 2.73 bits per heavy atom. The lowest BCUT2D eigenvalue weighted by Crippen LogP contribution is -2.26. The highest BCUT2D eigenvalue weighted by molar-refractivity contribution is 5.80. The number of anilines is 4. The fraction of sp³-hybridized carbons (Fsp3) is 0.238. The van der Waals surface area contributed by atoms with E-state index in [0.29, 0.717) is 23.7 Å². The van der Waals surface area contributed by atoms with Crippen molar-refractivity contribution in [3.05, 3.63) is 64.5 Å². The monoisotopic (exact) mass is 407 g/mol. The highest BCUT2D eigenvalue weighted by atomic mass is 16.6. The molecule has 1 aliphatic heterocycles. The van der Waals surface area contributed by atoms with Crippen LogP contribution in [0.25, 0.3) is 0 Å². The first-order chi connectivity index (χ1) is 14.6. The van der Waals surface area contributed by atoms with Crippen molar-refractivity contribution in [2.45, 2.75) is 12.8 Å². The van der Waals surface area contributed by atoms with Crippen molar-refractivity contribution in [2.75, 3.05) is 31.0 Å². The number of nitrogens with zero attached hydrogens (tertiary/aromatic N) is 4. The molecule has 0 atom stereocenters. The van der Waals surface area contributed by atoms with Crippen LogP contribution in [0.5, 0.6) is 11.5 Å². The Morgan fingerprint density at radius 2 is 1.97 bits per heavy atom. The van der Waals surface area contributed by atoms with Crippen LogP contribution in [-0.4, -0.2) is 35.7 Å². The molecule has 0 fully saturated rings. The van der Waals surface area contributed by atoms with Gasteiger partial charge in [0.2, 0.25) is 11.6 Å². The molecule has 2 heterocycles. The molecular weight excluding hydrogens is 386 g/mol. The Balaban J connectivity index is 1.78. The first-order valence-electron chi connectivity index (χ1n) is 9.46. The maximum atomic E-state index is 12.0. The number of benzene rings is 2. The van der Waals surface area contributed by atoms with Gasteiger partial charge in [0.25, 0.3) is 0 Å². The van der Waals surface area contributed by atoms with Gasteiger partial charge in [0, 0.05) is 18.3 Å². The minimum absolute atomic E-state index is 0.0940. The number of nitrogens with one attached hydrogen (secondary N) is 1. The number of fused-ring (bicyclic) bond motifs is 1. The van der Waals surface area contributed by atoms with E-state index in [1.165, 1.54) is 13.4 Å². The molecule has 1 N–H and O–H groups in total. The first kappa shape index (κ1) is 19.4. The first-order valence-corrected chi connectivity index (χ1v) is 9.46. The van der Waals surface area contributed by atoms with Gasteiger partial charge in [-0.2, -0.15) is 0 Å². The molecule has 0 aliphatic carbocycles. The summed E-state index contributed by atoms with van der Waals surface area (Å²) in [4.78, 5) is 21.9. The van der Waals surface area contributed by atoms with Crippen LogP contribution < -0.4 is 19.7 Å². The molecule has 0 bridgehead atoms. The average Bonchev–Trinajstić information content (AvgIpc) is 2.78. The number of hydrogen-bond acceptors (Lipinski definition) is 8. The van der Waals surface area contributed by atoms with Crippen LogP contribution in [0.15, 0.2) is 48.8 Å². The SMILES string of the molecule is COc1ccc(Nc2ncnc(N3CCCc4ccccc43)c2[N+](=O)[O-])c(OC)c1. The fourth-order valence-electron chi connectivity index (χ4n) is 3.61. The van der Waals surface area contributed by atoms with E-state index < -0.39 is 4.92 Å². The van der Waals surface area contributed by atoms with Crippen LogP contribution in [0, 0.1) is 10.1 Å². The van der Waals surface area contributed by atoms with E-state index >= 15 is 0 Å². The standard InChI is InChI=1S/C21H21N5O4/c1-29-15-9-10-16(18(12-15)30-2)24-20-19(26(27)28)21(23-13-22-20)25-11-5-7-14-6-3-4-8-17(14)25/h3-4,6,8-10,12-13H,5,7,11H2,1-2H3,(H,22,23,24). The smallest absolute Gasteiger partial charge is 0.354 e. The molecular formula is C21H21N5O4. The van der Waals surface area contributed by atoms with E-state index in [9.17, 15) is 10.1 Å². The molecule has 9 nitrogen and oxygen atoms in total. The van der Waals surface area contributed by atoms with Gasteiger partial charge < -0.3 is 19.7 Å². The Kier molecular flexibility index (Phi) is 5.34. The summed E-state index contributed by atoms with van der Waals surface area (Å²) in [6, 6.07) is 13.0. The zero-order valence-corrected chi connectivity index (χ0v) is 16.7. The molecule has 0 spiro atoms. The summed E-state index contributed by atoms with van der Waals surface area (Å²) in [6.07, 6.45) is 3.14. The van der Waals surface area contributed by atoms with E-state index in [-0.39, 0.29) is 17.3 Å². The van der Waals surface area contributed by atoms with E-state index in [1.54, 1.807) is 25.3 Å². The van der Waals surface area contributed by atoms with Crippen molar-refractivity contribution in [1.29, 1.82) is 0 Å². The van der Waals surface area contributed by atoms with Crippen LogP contribution in [-0.2, 0) is 6.42 Å². The topological polar surface area (TPSA) is 103 Å². The summed E-state index contributed by atoms with van der Waals surface area (Å²) in [7, 11) is 3.07. The van der Waals surface area contributed by atoms with Crippen molar-refractivity contribution in [3.63, 3.8) is 0 Å². The number of aromatic nitrogens is 2. The van der Waals surface area contributed by atoms with Crippen LogP contribution in [0.3, 0.4) is 0 Å². The van der Waals surface area contributed by atoms with Crippen molar-refractivity contribution < 1.29 is 14.4 Å². The third-order valence-corrected chi connectivity index (χ3v) is 5.01. The van der Waals surface area contributed by atoms with Crippen molar-refractivity contribution in [2.24, 2.45) is 0 Å². The van der Waals surface area contributed by atoms with Gasteiger partial charge in [-0.25, -0.2) is 9.97 Å². The molecule has 0 saturated carbocycles. The number of rotatable bonds is 6. The molecule has 30 heavy (non-hydrogen) atoms. The predicted octanol–water partition coefficient (Wildman–Crippen LogP) is 4.23. The van der Waals surface area contributed by atoms with E-state index in [1.807, 2.05) is 29.2 Å². The Morgan fingerprint density at radius 1 is 1.13 bits per heavy atom. The van der Waals surface area contributed by atoms with E-state index in [4.69, 9.17) is 9.47 Å². The number of nitro groups is 1. The van der Waals surface area contributed by atoms with Crippen LogP contribution >= 0.6 is 0 Å². The van der Waals surface area contributed by atoms with Gasteiger partial charge in [-0.3, -0.25) is 10.1 Å². The summed E-state index contributed by atoms with van der Waals surface area (Å²) in [5.41, 5.74) is 2.42. The maximum Gasteiger partial charge on any atom is 0.354 e. The molecule has 154 valence electrons. The maximum absolute atomic E-state index is 12.0. The minimum atomic E-state index is -0.453. The molecule has 0 unspecified atom stereocenters. The summed E-state index contributed by atoms with van der Waals surface area (Å²) < 4.78 is 10.6. The summed E-state index contributed by atoms with van der Waals surface area (Å²) in [6.45, 7) is 0.639. The molecule has 9 heteroatoms. The largest absolute Gasteiger partial charge is 0.497 e. The molecule has 2 aromatic carbocycles. The number of aryl methyl sites for hydroxylation is 1. The van der Waals surface area contributed by atoms with Crippen molar-refractivity contribution in [3.8, 4) is 11.5 Å². The summed E-state index contributed by atoms with van der Waals surface area (Å²) in [5.74, 6) is 1.45. The van der Waals surface area contributed by atoms with Gasteiger partial charge in [-0.15, -0.1) is 0 Å². The summed E-state index contributed by atoms with van der Waals surface area (Å²) >= 11 is 0. The fourth-order valence-corrected chi connectivity index (χ4v) is 3.61. The number of para-hydroxylation sites is 1. The number of hydrogen-bond donors (Lipinski definition) is 1. The minimum Gasteiger partial charge on any atom is -0.497 e. The van der Waals surface area contributed by atoms with Crippen LogP contribution in [0.4, 0.5) is 28.7 Å². The van der Waals surface area contributed by atoms with Crippen LogP contribution in [0.2, 0.25) is 0 Å². The average molecular weight is 407 g/mol. The lowest BCUT2D eigenvalue weighted by atomic mass is 10.0. The molecule has 0 saturated heterocycles. The normalized spacial score (nSPS) is 12.8.